The van der Waals surface area contributed by atoms with Crippen molar-refractivity contribution in [3.8, 4) is 0 Å². The SMILES string of the molecule is COC(CNS(=O)(=O)c1ccc2c(c1)c(=O)n(C)c(=O)n2C)OC. The van der Waals surface area contributed by atoms with Crippen molar-refractivity contribution in [3.05, 3.63) is 39.0 Å². The minimum absolute atomic E-state index is 0.0847. The van der Waals surface area contributed by atoms with Crippen LogP contribution in [-0.2, 0) is 33.6 Å². The van der Waals surface area contributed by atoms with Crippen LogP contribution in [0.3, 0.4) is 0 Å². The summed E-state index contributed by atoms with van der Waals surface area (Å²) < 4.78 is 39.1. The fourth-order valence-corrected chi connectivity index (χ4v) is 3.31. The molecule has 132 valence electrons. The Kier molecular flexibility index (Phi) is 5.23. The molecule has 0 spiro atoms. The number of nitrogens with zero attached hydrogens (tertiary/aromatic N) is 2. The summed E-state index contributed by atoms with van der Waals surface area (Å²) in [5, 5.41) is 0.137. The first-order valence-electron chi connectivity index (χ1n) is 6.98. The summed E-state index contributed by atoms with van der Waals surface area (Å²) in [7, 11) is 1.77. The van der Waals surface area contributed by atoms with Crippen LogP contribution >= 0.6 is 0 Å². The second-order valence-corrected chi connectivity index (χ2v) is 6.90. The van der Waals surface area contributed by atoms with E-state index in [-0.39, 0.29) is 16.8 Å². The largest absolute Gasteiger partial charge is 0.355 e. The van der Waals surface area contributed by atoms with Crippen molar-refractivity contribution in [1.82, 2.24) is 13.9 Å². The Bertz CT molecular complexity index is 972. The Balaban J connectivity index is 2.51. The van der Waals surface area contributed by atoms with Crippen LogP contribution in [0.2, 0.25) is 0 Å². The molecule has 1 aromatic carbocycles. The molecule has 24 heavy (non-hydrogen) atoms. The van der Waals surface area contributed by atoms with E-state index in [9.17, 15) is 18.0 Å². The molecule has 2 rings (SSSR count). The van der Waals surface area contributed by atoms with Crippen LogP contribution in [0.1, 0.15) is 0 Å². The summed E-state index contributed by atoms with van der Waals surface area (Å²) in [5.74, 6) is 0. The highest BCUT2D eigenvalue weighted by Gasteiger charge is 2.18. The molecule has 10 heteroatoms. The number of aromatic nitrogens is 2. The molecule has 0 amide bonds. The average Bonchev–Trinajstić information content (AvgIpc) is 2.58. The van der Waals surface area contributed by atoms with Gasteiger partial charge in [-0.1, -0.05) is 0 Å². The standard InChI is InChI=1S/C14H19N3O6S/c1-16-11-6-5-9(7-10(11)13(18)17(2)14(16)19)24(20,21)15-8-12(22-3)23-4/h5-7,12,15H,8H2,1-4H3. The Morgan fingerprint density at radius 3 is 2.33 bits per heavy atom. The Labute approximate surface area is 138 Å². The summed E-state index contributed by atoms with van der Waals surface area (Å²) in [5.41, 5.74) is -0.685. The van der Waals surface area contributed by atoms with Crippen LogP contribution in [0.5, 0.6) is 0 Å². The zero-order valence-corrected chi connectivity index (χ0v) is 14.6. The number of aryl methyl sites for hydroxylation is 1. The zero-order chi connectivity index (χ0) is 18.1. The molecule has 0 fully saturated rings. The third kappa shape index (κ3) is 3.26. The Hall–Kier alpha value is -2.01. The molecule has 0 radical (unpaired) electrons. The number of rotatable bonds is 6. The first-order valence-corrected chi connectivity index (χ1v) is 8.46. The van der Waals surface area contributed by atoms with Crippen LogP contribution in [0.25, 0.3) is 10.9 Å². The lowest BCUT2D eigenvalue weighted by molar-refractivity contribution is -0.0960. The molecule has 9 nitrogen and oxygen atoms in total. The van der Waals surface area contributed by atoms with Crippen LogP contribution in [0.4, 0.5) is 0 Å². The van der Waals surface area contributed by atoms with Gasteiger partial charge in [0.15, 0.2) is 6.29 Å². The van der Waals surface area contributed by atoms with E-state index in [1.165, 1.54) is 51.1 Å². The highest BCUT2D eigenvalue weighted by Crippen LogP contribution is 2.15. The monoisotopic (exact) mass is 357 g/mol. The summed E-state index contributed by atoms with van der Waals surface area (Å²) in [6.45, 7) is -0.0847. The van der Waals surface area contributed by atoms with Gasteiger partial charge in [-0.05, 0) is 18.2 Å². The molecular weight excluding hydrogens is 338 g/mol. The van der Waals surface area contributed by atoms with Crippen molar-refractivity contribution in [2.45, 2.75) is 11.2 Å². The smallest absolute Gasteiger partial charge is 0.330 e. The van der Waals surface area contributed by atoms with Crippen LogP contribution in [0.15, 0.2) is 32.7 Å². The average molecular weight is 357 g/mol. The van der Waals surface area contributed by atoms with E-state index in [4.69, 9.17) is 9.47 Å². The Morgan fingerprint density at radius 2 is 1.75 bits per heavy atom. The second kappa shape index (κ2) is 6.85. The first kappa shape index (κ1) is 18.3. The van der Waals surface area contributed by atoms with E-state index in [0.717, 1.165) is 4.57 Å². The molecule has 0 saturated carbocycles. The van der Waals surface area contributed by atoms with E-state index in [0.29, 0.717) is 5.52 Å². The fourth-order valence-electron chi connectivity index (χ4n) is 2.27. The van der Waals surface area contributed by atoms with Gasteiger partial charge < -0.3 is 9.47 Å². The third-order valence-electron chi connectivity index (χ3n) is 3.71. The number of ether oxygens (including phenoxy) is 2. The van der Waals surface area contributed by atoms with Gasteiger partial charge in [0.1, 0.15) is 0 Å². The van der Waals surface area contributed by atoms with Gasteiger partial charge in [0.25, 0.3) is 5.56 Å². The molecular formula is C14H19N3O6S. The Morgan fingerprint density at radius 1 is 1.12 bits per heavy atom. The molecule has 1 N–H and O–H groups in total. The normalized spacial score (nSPS) is 12.2. The van der Waals surface area contributed by atoms with E-state index in [2.05, 4.69) is 4.72 Å². The molecule has 2 aromatic rings. The van der Waals surface area contributed by atoms with Gasteiger partial charge in [0, 0.05) is 28.3 Å². The van der Waals surface area contributed by atoms with Gasteiger partial charge in [0.2, 0.25) is 10.0 Å². The number of sulfonamides is 1. The predicted molar refractivity (Wildman–Crippen MR) is 87.4 cm³/mol. The highest BCUT2D eigenvalue weighted by atomic mass is 32.2. The topological polar surface area (TPSA) is 109 Å². The maximum absolute atomic E-state index is 12.4. The van der Waals surface area contributed by atoms with E-state index >= 15 is 0 Å². The molecule has 0 aliphatic heterocycles. The fraction of sp³-hybridized carbons (Fsp3) is 0.429. The quantitative estimate of drug-likeness (QED) is 0.674. The van der Waals surface area contributed by atoms with E-state index in [1.54, 1.807) is 0 Å². The van der Waals surface area contributed by atoms with Crippen LogP contribution in [-0.4, -0.2) is 44.6 Å². The lowest BCUT2D eigenvalue weighted by Crippen LogP contribution is -2.37. The number of hydrogen-bond acceptors (Lipinski definition) is 6. The minimum atomic E-state index is -3.87. The van der Waals surface area contributed by atoms with Crippen molar-refractivity contribution < 1.29 is 17.9 Å². The number of hydrogen-bond donors (Lipinski definition) is 1. The van der Waals surface area contributed by atoms with Crippen molar-refractivity contribution in [2.24, 2.45) is 14.1 Å². The maximum Gasteiger partial charge on any atom is 0.330 e. The summed E-state index contributed by atoms with van der Waals surface area (Å²) >= 11 is 0. The lowest BCUT2D eigenvalue weighted by Gasteiger charge is -2.14. The van der Waals surface area contributed by atoms with E-state index < -0.39 is 27.6 Å². The summed E-state index contributed by atoms with van der Waals surface area (Å²) in [6, 6.07) is 4.00. The lowest BCUT2D eigenvalue weighted by atomic mass is 10.2. The predicted octanol–water partition coefficient (Wildman–Crippen LogP) is -0.866. The van der Waals surface area contributed by atoms with E-state index in [1.807, 2.05) is 0 Å². The van der Waals surface area contributed by atoms with Gasteiger partial charge in [-0.25, -0.2) is 17.9 Å². The molecule has 0 unspecified atom stereocenters. The second-order valence-electron chi connectivity index (χ2n) is 5.14. The van der Waals surface area contributed by atoms with Crippen LogP contribution in [0, 0.1) is 0 Å². The molecule has 0 saturated heterocycles. The molecule has 0 aliphatic rings. The van der Waals surface area contributed by atoms with Gasteiger partial charge in [-0.3, -0.25) is 13.9 Å². The maximum atomic E-state index is 12.4. The first-order chi connectivity index (χ1) is 11.2. The van der Waals surface area contributed by atoms with Gasteiger partial charge in [0.05, 0.1) is 22.3 Å². The third-order valence-corrected chi connectivity index (χ3v) is 5.14. The molecule has 0 atom stereocenters. The zero-order valence-electron chi connectivity index (χ0n) is 13.8. The number of benzene rings is 1. The number of fused-ring (bicyclic) bond motifs is 1. The highest BCUT2D eigenvalue weighted by molar-refractivity contribution is 7.89. The molecule has 0 aliphatic carbocycles. The van der Waals surface area contributed by atoms with Crippen molar-refractivity contribution in [1.29, 1.82) is 0 Å². The van der Waals surface area contributed by atoms with Crippen molar-refractivity contribution >= 4 is 20.9 Å². The number of nitrogens with one attached hydrogen (secondary N) is 1. The van der Waals surface area contributed by atoms with Gasteiger partial charge >= 0.3 is 5.69 Å². The number of methoxy groups -OCH3 is 2. The van der Waals surface area contributed by atoms with Crippen LogP contribution < -0.4 is 16.0 Å². The van der Waals surface area contributed by atoms with Crippen molar-refractivity contribution in [3.63, 3.8) is 0 Å². The summed E-state index contributed by atoms with van der Waals surface area (Å²) in [4.78, 5) is 24.0. The van der Waals surface area contributed by atoms with Gasteiger partial charge in [-0.15, -0.1) is 0 Å². The molecule has 0 bridgehead atoms. The molecule has 1 heterocycles. The summed E-state index contributed by atoms with van der Waals surface area (Å²) in [6.07, 6.45) is -0.728. The van der Waals surface area contributed by atoms with Gasteiger partial charge in [-0.2, -0.15) is 0 Å². The molecule has 1 aromatic heterocycles. The van der Waals surface area contributed by atoms with Crippen molar-refractivity contribution in [2.75, 3.05) is 20.8 Å². The minimum Gasteiger partial charge on any atom is -0.355 e.